The molecule has 3 aromatic carbocycles. The molecule has 4 rings (SSSR count). The molecule has 0 radical (unpaired) electrons. The number of methoxy groups -OCH3 is 1. The molecule has 4 aromatic rings. The molecule has 0 aliphatic heterocycles. The molecule has 1 heterocycles. The predicted octanol–water partition coefficient (Wildman–Crippen LogP) is 5.96. The molecule has 150 valence electrons. The smallest absolute Gasteiger partial charge is 0.270 e. The zero-order valence-electron chi connectivity index (χ0n) is 16.1. The highest BCUT2D eigenvalue weighted by molar-refractivity contribution is 7.19. The number of hydrogen-bond donors (Lipinski definition) is 0. The number of nitrogens with zero attached hydrogens (tertiary/aromatic N) is 2. The van der Waals surface area contributed by atoms with Gasteiger partial charge < -0.3 is 9.47 Å². The van der Waals surface area contributed by atoms with Gasteiger partial charge in [0.25, 0.3) is 5.69 Å². The zero-order valence-corrected chi connectivity index (χ0v) is 17.0. The van der Waals surface area contributed by atoms with Crippen molar-refractivity contribution in [1.82, 2.24) is 4.98 Å². The van der Waals surface area contributed by atoms with Crippen LogP contribution in [0.5, 0.6) is 11.5 Å². The van der Waals surface area contributed by atoms with Gasteiger partial charge in [0.2, 0.25) is 0 Å². The third kappa shape index (κ3) is 4.47. The van der Waals surface area contributed by atoms with Gasteiger partial charge in [0, 0.05) is 12.1 Å². The first-order valence-corrected chi connectivity index (χ1v) is 10.0. The van der Waals surface area contributed by atoms with E-state index in [9.17, 15) is 10.1 Å². The van der Waals surface area contributed by atoms with Crippen molar-refractivity contribution in [1.29, 1.82) is 0 Å². The first kappa shape index (κ1) is 19.6. The normalized spacial score (nSPS) is 11.1. The number of ether oxygens (including phenoxy) is 2. The number of rotatable bonds is 7. The Kier molecular flexibility index (Phi) is 5.72. The summed E-state index contributed by atoms with van der Waals surface area (Å²) in [7, 11) is 1.61. The molecule has 0 aliphatic rings. The summed E-state index contributed by atoms with van der Waals surface area (Å²) in [5, 5.41) is 11.7. The van der Waals surface area contributed by atoms with Crippen LogP contribution in [0, 0.1) is 10.1 Å². The van der Waals surface area contributed by atoms with Crippen LogP contribution < -0.4 is 9.47 Å². The van der Waals surface area contributed by atoms with E-state index in [4.69, 9.17) is 9.47 Å². The molecule has 7 heteroatoms. The van der Waals surface area contributed by atoms with E-state index in [-0.39, 0.29) is 5.69 Å². The molecule has 0 atom stereocenters. The van der Waals surface area contributed by atoms with E-state index in [1.54, 1.807) is 19.2 Å². The first-order valence-electron chi connectivity index (χ1n) is 9.20. The van der Waals surface area contributed by atoms with Crippen LogP contribution in [0.2, 0.25) is 0 Å². The average Bonchev–Trinajstić information content (AvgIpc) is 3.19. The molecule has 6 nitrogen and oxygen atoms in total. The Balaban J connectivity index is 1.54. The molecule has 0 bridgehead atoms. The van der Waals surface area contributed by atoms with Gasteiger partial charge in [0.15, 0.2) is 11.5 Å². The van der Waals surface area contributed by atoms with E-state index < -0.39 is 4.92 Å². The minimum atomic E-state index is -0.400. The number of hydrogen-bond acceptors (Lipinski definition) is 6. The van der Waals surface area contributed by atoms with Crippen LogP contribution in [0.25, 0.3) is 22.4 Å². The highest BCUT2D eigenvalue weighted by Gasteiger charge is 2.09. The Morgan fingerprint density at radius 2 is 1.87 bits per heavy atom. The summed E-state index contributed by atoms with van der Waals surface area (Å²) in [4.78, 5) is 15.1. The molecule has 1 aromatic heterocycles. The Morgan fingerprint density at radius 1 is 1.03 bits per heavy atom. The standard InChI is InChI=1S/C23H18N2O4S/c1-28-20-11-7-16(13-21(20)29-15-17-5-3-2-4-6-17)8-12-23-24-19-10-9-18(25(26)27)14-22(19)30-23/h2-14H,15H2,1H3. The summed E-state index contributed by atoms with van der Waals surface area (Å²) < 4.78 is 12.1. The van der Waals surface area contributed by atoms with Crippen LogP contribution in [0.1, 0.15) is 16.1 Å². The lowest BCUT2D eigenvalue weighted by Crippen LogP contribution is -1.97. The number of nitro groups is 1. The van der Waals surface area contributed by atoms with E-state index >= 15 is 0 Å². The fourth-order valence-electron chi connectivity index (χ4n) is 2.93. The van der Waals surface area contributed by atoms with Gasteiger partial charge in [0.1, 0.15) is 11.6 Å². The molecular formula is C23H18N2O4S. The van der Waals surface area contributed by atoms with E-state index in [0.717, 1.165) is 26.4 Å². The maximum absolute atomic E-state index is 10.9. The molecular weight excluding hydrogens is 400 g/mol. The van der Waals surface area contributed by atoms with Crippen LogP contribution in [0.3, 0.4) is 0 Å². The van der Waals surface area contributed by atoms with Crippen LogP contribution in [-0.4, -0.2) is 17.0 Å². The number of thiazole rings is 1. The molecule has 0 aliphatic carbocycles. The third-order valence-electron chi connectivity index (χ3n) is 4.44. The van der Waals surface area contributed by atoms with Crippen molar-refractivity contribution in [2.75, 3.05) is 7.11 Å². The van der Waals surface area contributed by atoms with Gasteiger partial charge in [0.05, 0.1) is 22.2 Å². The predicted molar refractivity (Wildman–Crippen MR) is 119 cm³/mol. The summed E-state index contributed by atoms with van der Waals surface area (Å²) >= 11 is 1.41. The van der Waals surface area contributed by atoms with Gasteiger partial charge in [-0.3, -0.25) is 10.1 Å². The number of benzene rings is 3. The Labute approximate surface area is 177 Å². The third-order valence-corrected chi connectivity index (χ3v) is 5.43. The lowest BCUT2D eigenvalue weighted by atomic mass is 10.2. The van der Waals surface area contributed by atoms with Crippen molar-refractivity contribution >= 4 is 39.4 Å². The number of non-ortho nitro benzene ring substituents is 1. The van der Waals surface area contributed by atoms with Crippen LogP contribution in [0.4, 0.5) is 5.69 Å². The molecule has 0 N–H and O–H groups in total. The van der Waals surface area contributed by atoms with Crippen molar-refractivity contribution in [2.45, 2.75) is 6.61 Å². The van der Waals surface area contributed by atoms with E-state index in [1.807, 2.05) is 60.7 Å². The van der Waals surface area contributed by atoms with E-state index in [2.05, 4.69) is 4.98 Å². The summed E-state index contributed by atoms with van der Waals surface area (Å²) in [6.45, 7) is 0.445. The fraction of sp³-hybridized carbons (Fsp3) is 0.0870. The molecule has 0 spiro atoms. The highest BCUT2D eigenvalue weighted by Crippen LogP contribution is 2.31. The van der Waals surface area contributed by atoms with Crippen LogP contribution in [-0.2, 0) is 6.61 Å². The largest absolute Gasteiger partial charge is 0.493 e. The maximum Gasteiger partial charge on any atom is 0.270 e. The van der Waals surface area contributed by atoms with E-state index in [0.29, 0.717) is 18.1 Å². The minimum absolute atomic E-state index is 0.0667. The van der Waals surface area contributed by atoms with Gasteiger partial charge in [-0.25, -0.2) is 4.98 Å². The summed E-state index contributed by atoms with van der Waals surface area (Å²) in [5.74, 6) is 1.32. The minimum Gasteiger partial charge on any atom is -0.493 e. The number of fused-ring (bicyclic) bond motifs is 1. The SMILES string of the molecule is COc1ccc(C=Cc2nc3ccc([N+](=O)[O-])cc3s2)cc1OCc1ccccc1. The van der Waals surface area contributed by atoms with Crippen LogP contribution in [0.15, 0.2) is 66.7 Å². The monoisotopic (exact) mass is 418 g/mol. The molecule has 0 saturated heterocycles. The highest BCUT2D eigenvalue weighted by atomic mass is 32.1. The van der Waals surface area contributed by atoms with Gasteiger partial charge >= 0.3 is 0 Å². The van der Waals surface area contributed by atoms with E-state index in [1.165, 1.54) is 17.4 Å². The molecule has 0 unspecified atom stereocenters. The Morgan fingerprint density at radius 3 is 2.63 bits per heavy atom. The Hall–Kier alpha value is -3.71. The summed E-state index contributed by atoms with van der Waals surface area (Å²) in [6.07, 6.45) is 3.82. The van der Waals surface area contributed by atoms with Crippen molar-refractivity contribution in [3.05, 3.63) is 93.0 Å². The summed E-state index contributed by atoms with van der Waals surface area (Å²) in [5.41, 5.74) is 2.82. The fourth-order valence-corrected chi connectivity index (χ4v) is 3.83. The van der Waals surface area contributed by atoms with Gasteiger partial charge in [-0.05, 0) is 35.4 Å². The molecule has 0 saturated carbocycles. The van der Waals surface area contributed by atoms with Gasteiger partial charge in [-0.1, -0.05) is 42.5 Å². The van der Waals surface area contributed by atoms with Crippen molar-refractivity contribution in [2.24, 2.45) is 0 Å². The number of nitro benzene ring substituents is 1. The second-order valence-corrected chi connectivity index (χ2v) is 7.54. The van der Waals surface area contributed by atoms with Crippen molar-refractivity contribution in [3.63, 3.8) is 0 Å². The quantitative estimate of drug-likeness (QED) is 0.273. The van der Waals surface area contributed by atoms with Crippen molar-refractivity contribution in [3.8, 4) is 11.5 Å². The van der Waals surface area contributed by atoms with Gasteiger partial charge in [-0.2, -0.15) is 0 Å². The van der Waals surface area contributed by atoms with Crippen LogP contribution >= 0.6 is 11.3 Å². The number of aromatic nitrogens is 1. The average molecular weight is 418 g/mol. The maximum atomic E-state index is 10.9. The van der Waals surface area contributed by atoms with Gasteiger partial charge in [-0.15, -0.1) is 11.3 Å². The Bertz CT molecular complexity index is 1220. The summed E-state index contributed by atoms with van der Waals surface area (Å²) in [6, 6.07) is 20.3. The molecule has 0 fully saturated rings. The topological polar surface area (TPSA) is 74.5 Å². The molecule has 30 heavy (non-hydrogen) atoms. The second-order valence-electron chi connectivity index (χ2n) is 6.48. The zero-order chi connectivity index (χ0) is 20.9. The van der Waals surface area contributed by atoms with Crippen molar-refractivity contribution < 1.29 is 14.4 Å². The lowest BCUT2D eigenvalue weighted by Gasteiger charge is -2.11. The second kappa shape index (κ2) is 8.75. The lowest BCUT2D eigenvalue weighted by molar-refractivity contribution is -0.384. The molecule has 0 amide bonds. The first-order chi connectivity index (χ1) is 14.6.